The Morgan fingerprint density at radius 2 is 1.19 bits per heavy atom. The van der Waals surface area contributed by atoms with Crippen LogP contribution < -0.4 is 16.1 Å². The van der Waals surface area contributed by atoms with E-state index in [1.54, 1.807) is 60.6 Å². The molecule has 8 heteroatoms. The molecule has 0 saturated carbocycles. The van der Waals surface area contributed by atoms with Gasteiger partial charge in [-0.05, 0) is 86.8 Å². The highest BCUT2D eigenvalue weighted by atomic mass is 32.1. The number of nitrogens with one attached hydrogen (secondary N) is 3. The van der Waals surface area contributed by atoms with Crippen LogP contribution in [0.4, 0.5) is 11.4 Å². The average molecular weight is 401 g/mol. The summed E-state index contributed by atoms with van der Waals surface area (Å²) >= 11 is 10.6. The van der Waals surface area contributed by atoms with Gasteiger partial charge in [0.2, 0.25) is 0 Å². The fourth-order valence-corrected chi connectivity index (χ4v) is 2.56. The first kappa shape index (κ1) is 20.5. The van der Waals surface area contributed by atoms with Gasteiger partial charge < -0.3 is 10.6 Å². The molecule has 0 aliphatic carbocycles. The lowest BCUT2D eigenvalue weighted by Gasteiger charge is -2.23. The van der Waals surface area contributed by atoms with Crippen LogP contribution in [-0.4, -0.2) is 33.8 Å². The lowest BCUT2D eigenvalue weighted by molar-refractivity contribution is 0.100. The second kappa shape index (κ2) is 9.20. The summed E-state index contributed by atoms with van der Waals surface area (Å²) in [7, 11) is 1.73. The van der Waals surface area contributed by atoms with Crippen LogP contribution in [-0.2, 0) is 0 Å². The molecule has 0 aliphatic heterocycles. The highest BCUT2D eigenvalue weighted by Crippen LogP contribution is 2.11. The van der Waals surface area contributed by atoms with Crippen LogP contribution in [0.3, 0.4) is 0 Å². The van der Waals surface area contributed by atoms with E-state index in [2.05, 4.69) is 16.1 Å². The van der Waals surface area contributed by atoms with Crippen molar-refractivity contribution in [3.8, 4) is 0 Å². The molecular formula is C19H20N4O2S2. The molecule has 2 rings (SSSR count). The SMILES string of the molecule is CC(=O)c1ccc(NC(=S)NN(C)C(=S)Nc2ccc(C(C)=O)cc2)cc1. The number of rotatable bonds is 4. The van der Waals surface area contributed by atoms with Gasteiger partial charge in [0.05, 0.1) is 0 Å². The van der Waals surface area contributed by atoms with Crippen LogP contribution in [0.15, 0.2) is 48.5 Å². The van der Waals surface area contributed by atoms with E-state index < -0.39 is 0 Å². The molecule has 0 atom stereocenters. The van der Waals surface area contributed by atoms with Crippen molar-refractivity contribution in [2.45, 2.75) is 13.8 Å². The first-order valence-electron chi connectivity index (χ1n) is 8.10. The number of carbonyl (C=O) groups is 2. The molecule has 0 spiro atoms. The van der Waals surface area contributed by atoms with Crippen LogP contribution in [0.1, 0.15) is 34.6 Å². The summed E-state index contributed by atoms with van der Waals surface area (Å²) in [6.07, 6.45) is 0. The van der Waals surface area contributed by atoms with Gasteiger partial charge in [-0.2, -0.15) is 0 Å². The van der Waals surface area contributed by atoms with Crippen molar-refractivity contribution < 1.29 is 9.59 Å². The van der Waals surface area contributed by atoms with E-state index in [4.69, 9.17) is 24.4 Å². The van der Waals surface area contributed by atoms with Gasteiger partial charge in [0, 0.05) is 29.5 Å². The van der Waals surface area contributed by atoms with Crippen molar-refractivity contribution in [2.24, 2.45) is 0 Å². The van der Waals surface area contributed by atoms with Gasteiger partial charge in [0.25, 0.3) is 0 Å². The van der Waals surface area contributed by atoms with Crippen LogP contribution >= 0.6 is 24.4 Å². The molecule has 0 fully saturated rings. The van der Waals surface area contributed by atoms with Crippen molar-refractivity contribution in [1.29, 1.82) is 0 Å². The molecule has 6 nitrogen and oxygen atoms in total. The van der Waals surface area contributed by atoms with Gasteiger partial charge in [0.1, 0.15) is 0 Å². The monoisotopic (exact) mass is 400 g/mol. The number of ketones is 2. The number of hydrazine groups is 1. The maximum Gasteiger partial charge on any atom is 0.192 e. The molecule has 0 heterocycles. The number of anilines is 2. The second-order valence-electron chi connectivity index (χ2n) is 5.82. The molecule has 0 unspecified atom stereocenters. The summed E-state index contributed by atoms with van der Waals surface area (Å²) in [6, 6.07) is 14.0. The number of hydrogen-bond donors (Lipinski definition) is 3. The van der Waals surface area contributed by atoms with E-state index >= 15 is 0 Å². The zero-order valence-corrected chi connectivity index (χ0v) is 16.8. The van der Waals surface area contributed by atoms with Gasteiger partial charge in [-0.15, -0.1) is 0 Å². The lowest BCUT2D eigenvalue weighted by Crippen LogP contribution is -2.46. The fourth-order valence-electron chi connectivity index (χ4n) is 2.15. The summed E-state index contributed by atoms with van der Waals surface area (Å²) < 4.78 is 0. The molecule has 2 aromatic carbocycles. The minimum absolute atomic E-state index is 0.00902. The Morgan fingerprint density at radius 3 is 1.59 bits per heavy atom. The van der Waals surface area contributed by atoms with Crippen LogP contribution in [0.2, 0.25) is 0 Å². The predicted octanol–water partition coefficient (Wildman–Crippen LogP) is 3.62. The molecule has 140 valence electrons. The third-order valence-corrected chi connectivity index (χ3v) is 4.24. The van der Waals surface area contributed by atoms with E-state index in [0.717, 1.165) is 11.4 Å². The Bertz CT molecular complexity index is 864. The first-order valence-corrected chi connectivity index (χ1v) is 8.92. The van der Waals surface area contributed by atoms with Gasteiger partial charge >= 0.3 is 0 Å². The summed E-state index contributed by atoms with van der Waals surface area (Å²) in [4.78, 5) is 22.6. The number of hydrogen-bond acceptors (Lipinski definition) is 4. The van der Waals surface area contributed by atoms with E-state index in [0.29, 0.717) is 21.4 Å². The van der Waals surface area contributed by atoms with Gasteiger partial charge in [-0.3, -0.25) is 20.0 Å². The molecule has 0 aliphatic rings. The van der Waals surface area contributed by atoms with Gasteiger partial charge in [-0.25, -0.2) is 0 Å². The largest absolute Gasteiger partial charge is 0.331 e. The lowest BCUT2D eigenvalue weighted by atomic mass is 10.1. The highest BCUT2D eigenvalue weighted by molar-refractivity contribution is 7.81. The molecule has 0 radical (unpaired) electrons. The van der Waals surface area contributed by atoms with Crippen LogP contribution in [0.25, 0.3) is 0 Å². The number of nitrogens with zero attached hydrogens (tertiary/aromatic N) is 1. The summed E-state index contributed by atoms with van der Waals surface area (Å²) in [6.45, 7) is 3.04. The van der Waals surface area contributed by atoms with Crippen LogP contribution in [0, 0.1) is 0 Å². The van der Waals surface area contributed by atoms with Crippen molar-refractivity contribution in [1.82, 2.24) is 10.4 Å². The molecular weight excluding hydrogens is 380 g/mol. The molecule has 27 heavy (non-hydrogen) atoms. The highest BCUT2D eigenvalue weighted by Gasteiger charge is 2.08. The molecule has 0 saturated heterocycles. The normalized spacial score (nSPS) is 9.89. The Balaban J connectivity index is 1.88. The second-order valence-corrected chi connectivity index (χ2v) is 6.62. The Hall–Kier alpha value is -2.84. The van der Waals surface area contributed by atoms with Gasteiger partial charge in [0.15, 0.2) is 21.8 Å². The molecule has 0 aromatic heterocycles. The zero-order valence-electron chi connectivity index (χ0n) is 15.2. The first-order chi connectivity index (χ1) is 12.8. The van der Waals surface area contributed by atoms with Gasteiger partial charge in [-0.1, -0.05) is 0 Å². The van der Waals surface area contributed by atoms with Crippen LogP contribution in [0.5, 0.6) is 0 Å². The zero-order chi connectivity index (χ0) is 20.0. The van der Waals surface area contributed by atoms with Crippen molar-refractivity contribution in [2.75, 3.05) is 17.7 Å². The topological polar surface area (TPSA) is 73.5 Å². The number of carbonyl (C=O) groups excluding carboxylic acids is 2. The molecule has 3 N–H and O–H groups in total. The minimum Gasteiger partial charge on any atom is -0.331 e. The van der Waals surface area contributed by atoms with E-state index in [-0.39, 0.29) is 11.6 Å². The Labute approximate surface area is 168 Å². The van der Waals surface area contributed by atoms with E-state index in [1.807, 2.05) is 0 Å². The predicted molar refractivity (Wildman–Crippen MR) is 116 cm³/mol. The van der Waals surface area contributed by atoms with Crippen molar-refractivity contribution >= 4 is 57.6 Å². The Morgan fingerprint density at radius 1 is 0.778 bits per heavy atom. The number of thiocarbonyl (C=S) groups is 2. The maximum absolute atomic E-state index is 11.3. The summed E-state index contributed by atoms with van der Waals surface area (Å²) in [5, 5.41) is 8.39. The molecule has 0 bridgehead atoms. The average Bonchev–Trinajstić information content (AvgIpc) is 2.62. The molecule has 0 amide bonds. The quantitative estimate of drug-likeness (QED) is 0.408. The van der Waals surface area contributed by atoms with E-state index in [1.165, 1.54) is 13.8 Å². The maximum atomic E-state index is 11.3. The van der Waals surface area contributed by atoms with Crippen molar-refractivity contribution in [3.63, 3.8) is 0 Å². The molecule has 2 aromatic rings. The third-order valence-electron chi connectivity index (χ3n) is 3.67. The minimum atomic E-state index is 0.00902. The smallest absolute Gasteiger partial charge is 0.192 e. The van der Waals surface area contributed by atoms with E-state index in [9.17, 15) is 9.59 Å². The number of benzene rings is 2. The number of Topliss-reactive ketones (excluding diaryl/α,β-unsaturated/α-hetero) is 2. The summed E-state index contributed by atoms with van der Waals surface area (Å²) in [5.41, 5.74) is 5.73. The fraction of sp³-hybridized carbons (Fsp3) is 0.158. The summed E-state index contributed by atoms with van der Waals surface area (Å²) in [5.74, 6) is 0.0189. The Kier molecular flexibility index (Phi) is 6.98. The standard InChI is InChI=1S/C19H20N4O2S2/c1-12(24)14-4-8-16(9-5-14)20-18(26)22-23(3)19(27)21-17-10-6-15(7-11-17)13(2)25/h4-11H,1-3H3,(H,21,27)(H2,20,22,26). The van der Waals surface area contributed by atoms with Crippen molar-refractivity contribution in [3.05, 3.63) is 59.7 Å². The third kappa shape index (κ3) is 6.12.